The lowest BCUT2D eigenvalue weighted by atomic mass is 10.1. The molecule has 4 heteroatoms. The highest BCUT2D eigenvalue weighted by Gasteiger charge is 2.34. The first-order valence-electron chi connectivity index (χ1n) is 8.00. The minimum absolute atomic E-state index is 0.726. The molecule has 3 rings (SSSR count). The molecular weight excluding hydrogens is 264 g/mol. The number of fused-ring (bicyclic) bond motifs is 1. The molecule has 1 N–H and O–H groups in total. The lowest BCUT2D eigenvalue weighted by Gasteiger charge is -2.38. The monoisotopic (exact) mass is 290 g/mol. The molecule has 2 fully saturated rings. The number of methoxy groups -OCH3 is 2. The summed E-state index contributed by atoms with van der Waals surface area (Å²) in [7, 11) is 3.37. The van der Waals surface area contributed by atoms with Crippen LogP contribution in [0.5, 0.6) is 11.5 Å². The summed E-state index contributed by atoms with van der Waals surface area (Å²) in [5, 5.41) is 3.66. The highest BCUT2D eigenvalue weighted by atomic mass is 16.5. The Balaban J connectivity index is 1.62. The zero-order valence-electron chi connectivity index (χ0n) is 13.1. The summed E-state index contributed by atoms with van der Waals surface area (Å²) in [6.45, 7) is 3.44. The average molecular weight is 290 g/mol. The van der Waals surface area contributed by atoms with Gasteiger partial charge in [-0.1, -0.05) is 12.5 Å². The first kappa shape index (κ1) is 14.7. The van der Waals surface area contributed by atoms with Crippen LogP contribution in [0.15, 0.2) is 18.2 Å². The second-order valence-corrected chi connectivity index (χ2v) is 6.03. The molecule has 1 saturated heterocycles. The lowest BCUT2D eigenvalue weighted by Crippen LogP contribution is -2.55. The lowest BCUT2D eigenvalue weighted by molar-refractivity contribution is 0.138. The molecule has 1 saturated carbocycles. The fourth-order valence-electron chi connectivity index (χ4n) is 3.76. The Morgan fingerprint density at radius 2 is 2.05 bits per heavy atom. The maximum absolute atomic E-state index is 5.39. The molecule has 2 atom stereocenters. The molecule has 1 aromatic carbocycles. The standard InChI is InChI=1S/C17H26N2O2/c1-20-16-7-6-13(12-17(16)21-2)8-10-19-11-9-18-14-4-3-5-15(14)19/h6-7,12,14-15,18H,3-5,8-11H2,1-2H3/t14-,15+/m1/s1. The quantitative estimate of drug-likeness (QED) is 0.900. The number of piperazine rings is 1. The summed E-state index contributed by atoms with van der Waals surface area (Å²) in [5.41, 5.74) is 1.32. The van der Waals surface area contributed by atoms with Gasteiger partial charge in [0, 0.05) is 31.7 Å². The predicted octanol–water partition coefficient (Wildman–Crippen LogP) is 2.07. The minimum atomic E-state index is 0.726. The van der Waals surface area contributed by atoms with Crippen LogP contribution in [0.2, 0.25) is 0 Å². The molecule has 0 bridgehead atoms. The number of hydrogen-bond acceptors (Lipinski definition) is 4. The first-order valence-corrected chi connectivity index (χ1v) is 8.00. The molecule has 2 aliphatic rings. The number of nitrogens with zero attached hydrogens (tertiary/aromatic N) is 1. The van der Waals surface area contributed by atoms with Gasteiger partial charge in [-0.15, -0.1) is 0 Å². The Hall–Kier alpha value is -1.26. The van der Waals surface area contributed by atoms with Crippen molar-refractivity contribution in [2.24, 2.45) is 0 Å². The van der Waals surface area contributed by atoms with E-state index in [1.807, 2.05) is 6.07 Å². The highest BCUT2D eigenvalue weighted by molar-refractivity contribution is 5.42. The van der Waals surface area contributed by atoms with Gasteiger partial charge in [0.05, 0.1) is 14.2 Å². The van der Waals surface area contributed by atoms with E-state index in [0.29, 0.717) is 0 Å². The van der Waals surface area contributed by atoms with E-state index in [0.717, 1.165) is 43.1 Å². The average Bonchev–Trinajstić information content (AvgIpc) is 3.01. The summed E-state index contributed by atoms with van der Waals surface area (Å²) >= 11 is 0. The SMILES string of the molecule is COc1ccc(CCN2CCN[C@@H]3CCC[C@@H]32)cc1OC. The van der Waals surface area contributed by atoms with Crippen molar-refractivity contribution in [2.75, 3.05) is 33.9 Å². The number of ether oxygens (including phenoxy) is 2. The van der Waals surface area contributed by atoms with E-state index in [-0.39, 0.29) is 0 Å². The zero-order chi connectivity index (χ0) is 14.7. The van der Waals surface area contributed by atoms with Crippen LogP contribution in [-0.2, 0) is 6.42 Å². The first-order chi connectivity index (χ1) is 10.3. The van der Waals surface area contributed by atoms with Gasteiger partial charge in [-0.2, -0.15) is 0 Å². The second kappa shape index (κ2) is 6.67. The van der Waals surface area contributed by atoms with Gasteiger partial charge >= 0.3 is 0 Å². The number of nitrogens with one attached hydrogen (secondary N) is 1. The third kappa shape index (κ3) is 3.16. The predicted molar refractivity (Wildman–Crippen MR) is 84.3 cm³/mol. The Morgan fingerprint density at radius 1 is 1.19 bits per heavy atom. The summed E-state index contributed by atoms with van der Waals surface area (Å²) in [6, 6.07) is 7.73. The molecule has 21 heavy (non-hydrogen) atoms. The van der Waals surface area contributed by atoms with Crippen molar-refractivity contribution in [2.45, 2.75) is 37.8 Å². The van der Waals surface area contributed by atoms with Crippen molar-refractivity contribution in [3.8, 4) is 11.5 Å². The molecule has 116 valence electrons. The largest absolute Gasteiger partial charge is 0.493 e. The van der Waals surface area contributed by atoms with Gasteiger partial charge in [-0.3, -0.25) is 4.90 Å². The Morgan fingerprint density at radius 3 is 2.86 bits per heavy atom. The Bertz CT molecular complexity index is 478. The van der Waals surface area contributed by atoms with Crippen LogP contribution in [0, 0.1) is 0 Å². The van der Waals surface area contributed by atoms with Crippen LogP contribution in [0.3, 0.4) is 0 Å². The topological polar surface area (TPSA) is 33.7 Å². The molecule has 0 aromatic heterocycles. The van der Waals surface area contributed by atoms with Gasteiger partial charge in [0.15, 0.2) is 11.5 Å². The normalized spacial score (nSPS) is 25.6. The fourth-order valence-corrected chi connectivity index (χ4v) is 3.76. The molecule has 0 radical (unpaired) electrons. The molecule has 1 aliphatic carbocycles. The fraction of sp³-hybridized carbons (Fsp3) is 0.647. The van der Waals surface area contributed by atoms with Crippen LogP contribution < -0.4 is 14.8 Å². The summed E-state index contributed by atoms with van der Waals surface area (Å²) in [5.74, 6) is 1.63. The van der Waals surface area contributed by atoms with Crippen LogP contribution >= 0.6 is 0 Å². The van der Waals surface area contributed by atoms with Crippen molar-refractivity contribution >= 4 is 0 Å². The molecule has 1 aliphatic heterocycles. The van der Waals surface area contributed by atoms with Gasteiger partial charge in [0.25, 0.3) is 0 Å². The van der Waals surface area contributed by atoms with Gasteiger partial charge in [-0.05, 0) is 37.0 Å². The van der Waals surface area contributed by atoms with Crippen LogP contribution in [-0.4, -0.2) is 50.8 Å². The van der Waals surface area contributed by atoms with E-state index in [1.54, 1.807) is 14.2 Å². The van der Waals surface area contributed by atoms with Gasteiger partial charge < -0.3 is 14.8 Å². The van der Waals surface area contributed by atoms with Gasteiger partial charge in [0.1, 0.15) is 0 Å². The summed E-state index contributed by atoms with van der Waals surface area (Å²) in [4.78, 5) is 2.67. The van der Waals surface area contributed by atoms with Gasteiger partial charge in [-0.25, -0.2) is 0 Å². The van der Waals surface area contributed by atoms with E-state index in [2.05, 4.69) is 22.3 Å². The number of hydrogen-bond donors (Lipinski definition) is 1. The van der Waals surface area contributed by atoms with E-state index < -0.39 is 0 Å². The van der Waals surface area contributed by atoms with E-state index >= 15 is 0 Å². The van der Waals surface area contributed by atoms with Crippen LogP contribution in [0.1, 0.15) is 24.8 Å². The molecule has 1 heterocycles. The van der Waals surface area contributed by atoms with E-state index in [9.17, 15) is 0 Å². The van der Waals surface area contributed by atoms with E-state index in [4.69, 9.17) is 9.47 Å². The molecule has 0 spiro atoms. The third-order valence-electron chi connectivity index (χ3n) is 4.89. The maximum Gasteiger partial charge on any atom is 0.160 e. The second-order valence-electron chi connectivity index (χ2n) is 6.03. The van der Waals surface area contributed by atoms with Crippen molar-refractivity contribution < 1.29 is 9.47 Å². The molecule has 4 nitrogen and oxygen atoms in total. The highest BCUT2D eigenvalue weighted by Crippen LogP contribution is 2.29. The summed E-state index contributed by atoms with van der Waals surface area (Å²) in [6.07, 6.45) is 5.14. The van der Waals surface area contributed by atoms with Crippen LogP contribution in [0.4, 0.5) is 0 Å². The number of benzene rings is 1. The third-order valence-corrected chi connectivity index (χ3v) is 4.89. The zero-order valence-corrected chi connectivity index (χ0v) is 13.1. The van der Waals surface area contributed by atoms with Crippen molar-refractivity contribution in [3.63, 3.8) is 0 Å². The van der Waals surface area contributed by atoms with Crippen molar-refractivity contribution in [3.05, 3.63) is 23.8 Å². The number of rotatable bonds is 5. The minimum Gasteiger partial charge on any atom is -0.493 e. The van der Waals surface area contributed by atoms with E-state index in [1.165, 1.54) is 31.4 Å². The molecule has 0 amide bonds. The summed E-state index contributed by atoms with van der Waals surface area (Å²) < 4.78 is 10.7. The molecule has 1 aromatic rings. The molecular formula is C17H26N2O2. The van der Waals surface area contributed by atoms with Crippen molar-refractivity contribution in [1.82, 2.24) is 10.2 Å². The Labute approximate surface area is 127 Å². The smallest absolute Gasteiger partial charge is 0.160 e. The maximum atomic E-state index is 5.39. The van der Waals surface area contributed by atoms with Gasteiger partial charge in [0.2, 0.25) is 0 Å². The Kier molecular flexibility index (Phi) is 4.66. The van der Waals surface area contributed by atoms with Crippen molar-refractivity contribution in [1.29, 1.82) is 0 Å². The molecule has 0 unspecified atom stereocenters. The van der Waals surface area contributed by atoms with Crippen LogP contribution in [0.25, 0.3) is 0 Å².